The zero-order chi connectivity index (χ0) is 18.4. The third-order valence-electron chi connectivity index (χ3n) is 5.08. The van der Waals surface area contributed by atoms with Crippen molar-refractivity contribution in [2.24, 2.45) is 11.1 Å². The molecular formula is C19H25NO3S2. The predicted molar refractivity (Wildman–Crippen MR) is 105 cm³/mol. The molecule has 0 amide bonds. The minimum absolute atomic E-state index is 0.0933. The molecule has 1 aromatic rings. The molecule has 2 aliphatic heterocycles. The minimum atomic E-state index is -1.17. The molecule has 25 heavy (non-hydrogen) atoms. The molecule has 4 atom stereocenters. The topological polar surface area (TPSA) is 55.7 Å². The Labute approximate surface area is 156 Å². The normalized spacial score (nSPS) is 32.2. The molecular weight excluding hydrogens is 354 g/mol. The number of benzene rings is 1. The molecule has 1 saturated heterocycles. The Bertz CT molecular complexity index is 751. The number of rotatable bonds is 3. The van der Waals surface area contributed by atoms with E-state index in [1.807, 2.05) is 6.92 Å². The lowest BCUT2D eigenvalue weighted by Crippen LogP contribution is -2.48. The van der Waals surface area contributed by atoms with Gasteiger partial charge in [0, 0.05) is 28.0 Å². The van der Waals surface area contributed by atoms with Crippen molar-refractivity contribution in [1.82, 2.24) is 0 Å². The van der Waals surface area contributed by atoms with E-state index in [1.165, 1.54) is 17.3 Å². The molecule has 1 unspecified atom stereocenters. The Hall–Kier alpha value is -1.14. The van der Waals surface area contributed by atoms with Gasteiger partial charge in [0.05, 0.1) is 5.71 Å². The summed E-state index contributed by atoms with van der Waals surface area (Å²) in [4.78, 5) is 18.7. The van der Waals surface area contributed by atoms with Gasteiger partial charge in [-0.3, -0.25) is 9.00 Å². The van der Waals surface area contributed by atoms with Gasteiger partial charge in [-0.2, -0.15) is 0 Å². The van der Waals surface area contributed by atoms with Crippen LogP contribution in [0, 0.1) is 26.7 Å². The standard InChI is InChI=1S/C19H25NO3S2/c1-11-9-12(2)15(13(3)10-11)16-14(4)17(23-20-16)18(21)19(5)24-7-6-8-25(19)22/h9-10,14,17H,6-8H2,1-5H3/t14-,17-,19-,25?/m0/s1. The number of ketones is 1. The number of thioether (sulfide) groups is 1. The first-order valence-corrected chi connectivity index (χ1v) is 10.9. The quantitative estimate of drug-likeness (QED) is 0.806. The highest BCUT2D eigenvalue weighted by atomic mass is 32.2. The van der Waals surface area contributed by atoms with Crippen LogP contribution in [0.1, 0.15) is 42.5 Å². The number of hydrogen-bond donors (Lipinski definition) is 0. The van der Waals surface area contributed by atoms with Gasteiger partial charge in [-0.25, -0.2) is 0 Å². The van der Waals surface area contributed by atoms with Crippen LogP contribution in [-0.4, -0.2) is 37.4 Å². The van der Waals surface area contributed by atoms with Crippen molar-refractivity contribution in [3.8, 4) is 0 Å². The van der Waals surface area contributed by atoms with Crippen molar-refractivity contribution in [2.75, 3.05) is 11.5 Å². The molecule has 3 rings (SSSR count). The Kier molecular flexibility index (Phi) is 5.13. The van der Waals surface area contributed by atoms with Crippen molar-refractivity contribution < 1.29 is 13.8 Å². The second-order valence-electron chi connectivity index (χ2n) is 7.13. The minimum Gasteiger partial charge on any atom is -0.383 e. The molecule has 1 fully saturated rings. The molecule has 0 bridgehead atoms. The third-order valence-corrected chi connectivity index (χ3v) is 8.96. The summed E-state index contributed by atoms with van der Waals surface area (Å²) in [6, 6.07) is 4.25. The highest BCUT2D eigenvalue weighted by Crippen LogP contribution is 2.39. The smallest absolute Gasteiger partial charge is 0.205 e. The lowest BCUT2D eigenvalue weighted by atomic mass is 9.86. The summed E-state index contributed by atoms with van der Waals surface area (Å²) in [5.74, 6) is 1.20. The molecule has 6 heteroatoms. The van der Waals surface area contributed by atoms with Crippen LogP contribution in [0.4, 0.5) is 0 Å². The average Bonchev–Trinajstić information content (AvgIpc) is 2.90. The number of aryl methyl sites for hydroxylation is 3. The molecule has 136 valence electrons. The first-order valence-electron chi connectivity index (χ1n) is 8.64. The van der Waals surface area contributed by atoms with E-state index >= 15 is 0 Å². The van der Waals surface area contributed by atoms with Gasteiger partial charge in [-0.1, -0.05) is 29.8 Å². The van der Waals surface area contributed by atoms with E-state index in [4.69, 9.17) is 4.84 Å². The fourth-order valence-electron chi connectivity index (χ4n) is 3.72. The third kappa shape index (κ3) is 3.19. The Morgan fingerprint density at radius 1 is 1.32 bits per heavy atom. The fourth-order valence-corrected chi connectivity index (χ4v) is 7.00. The Balaban J connectivity index is 1.88. The first kappa shape index (κ1) is 18.6. The average molecular weight is 380 g/mol. The van der Waals surface area contributed by atoms with Crippen molar-refractivity contribution in [2.45, 2.75) is 51.2 Å². The summed E-state index contributed by atoms with van der Waals surface area (Å²) in [6.07, 6.45) is 0.236. The first-order chi connectivity index (χ1) is 11.8. The van der Waals surface area contributed by atoms with Gasteiger partial charge < -0.3 is 4.84 Å². The summed E-state index contributed by atoms with van der Waals surface area (Å²) >= 11 is 1.50. The molecule has 2 heterocycles. The second-order valence-corrected chi connectivity index (χ2v) is 10.8. The summed E-state index contributed by atoms with van der Waals surface area (Å²) in [6.45, 7) is 9.97. The number of nitrogens with zero attached hydrogens (tertiary/aromatic N) is 1. The summed E-state index contributed by atoms with van der Waals surface area (Å²) in [7, 11) is -1.17. The van der Waals surface area contributed by atoms with Gasteiger partial charge in [-0.15, -0.1) is 11.8 Å². The molecule has 0 saturated carbocycles. The van der Waals surface area contributed by atoms with E-state index in [9.17, 15) is 9.00 Å². The summed E-state index contributed by atoms with van der Waals surface area (Å²) < 4.78 is 11.6. The SMILES string of the molecule is Cc1cc(C)c(C2=NO[C@H](C(=O)[C@@]3(C)SCCCS3=O)[C@H]2C)c(C)c1. The van der Waals surface area contributed by atoms with Crippen molar-refractivity contribution >= 4 is 34.1 Å². The lowest BCUT2D eigenvalue weighted by molar-refractivity contribution is -0.130. The fraction of sp³-hybridized carbons (Fsp3) is 0.579. The van der Waals surface area contributed by atoms with Crippen LogP contribution < -0.4 is 0 Å². The highest BCUT2D eigenvalue weighted by Gasteiger charge is 2.50. The van der Waals surface area contributed by atoms with E-state index in [1.54, 1.807) is 6.92 Å². The van der Waals surface area contributed by atoms with Crippen LogP contribution >= 0.6 is 11.8 Å². The second kappa shape index (κ2) is 6.88. The predicted octanol–water partition coefficient (Wildman–Crippen LogP) is 3.52. The van der Waals surface area contributed by atoms with E-state index in [2.05, 4.69) is 38.1 Å². The van der Waals surface area contributed by atoms with Gasteiger partial charge in [0.25, 0.3) is 0 Å². The summed E-state index contributed by atoms with van der Waals surface area (Å²) in [5.41, 5.74) is 5.38. The van der Waals surface area contributed by atoms with Crippen LogP contribution in [0.2, 0.25) is 0 Å². The molecule has 0 spiro atoms. The van der Waals surface area contributed by atoms with Crippen molar-refractivity contribution in [1.29, 1.82) is 0 Å². The van der Waals surface area contributed by atoms with Crippen LogP contribution in [0.3, 0.4) is 0 Å². The zero-order valence-electron chi connectivity index (χ0n) is 15.4. The van der Waals surface area contributed by atoms with Crippen LogP contribution in [0.25, 0.3) is 0 Å². The number of oxime groups is 1. The van der Waals surface area contributed by atoms with E-state index in [-0.39, 0.29) is 11.7 Å². The molecule has 0 radical (unpaired) electrons. The molecule has 0 N–H and O–H groups in total. The number of Topliss-reactive ketones (excluding diaryl/α,β-unsaturated/α-hetero) is 1. The molecule has 0 aliphatic carbocycles. The Morgan fingerprint density at radius 3 is 2.56 bits per heavy atom. The highest BCUT2D eigenvalue weighted by molar-refractivity contribution is 8.14. The van der Waals surface area contributed by atoms with Gasteiger partial charge in [0.1, 0.15) is 0 Å². The molecule has 1 aromatic carbocycles. The zero-order valence-corrected chi connectivity index (χ0v) is 17.1. The number of carbonyl (C=O) groups excluding carboxylic acids is 1. The largest absolute Gasteiger partial charge is 0.383 e. The van der Waals surface area contributed by atoms with Crippen molar-refractivity contribution in [3.63, 3.8) is 0 Å². The van der Waals surface area contributed by atoms with E-state index in [0.29, 0.717) is 5.75 Å². The summed E-state index contributed by atoms with van der Waals surface area (Å²) in [5, 5.41) is 4.28. The molecule has 2 aliphatic rings. The van der Waals surface area contributed by atoms with Gasteiger partial charge in [0.15, 0.2) is 10.2 Å². The van der Waals surface area contributed by atoms with Gasteiger partial charge in [-0.05, 0) is 51.0 Å². The number of hydrogen-bond acceptors (Lipinski definition) is 5. The maximum Gasteiger partial charge on any atom is 0.205 e. The maximum atomic E-state index is 13.1. The van der Waals surface area contributed by atoms with Crippen LogP contribution in [0.5, 0.6) is 0 Å². The number of carbonyl (C=O) groups is 1. The molecule has 4 nitrogen and oxygen atoms in total. The van der Waals surface area contributed by atoms with E-state index < -0.39 is 21.0 Å². The monoisotopic (exact) mass is 379 g/mol. The lowest BCUT2D eigenvalue weighted by Gasteiger charge is -2.32. The maximum absolute atomic E-state index is 13.1. The Morgan fingerprint density at radius 2 is 1.96 bits per heavy atom. The van der Waals surface area contributed by atoms with E-state index in [0.717, 1.165) is 34.6 Å². The molecule has 0 aromatic heterocycles. The van der Waals surface area contributed by atoms with Crippen molar-refractivity contribution in [3.05, 3.63) is 34.4 Å². The van der Waals surface area contributed by atoms with Crippen LogP contribution in [-0.2, 0) is 20.4 Å². The van der Waals surface area contributed by atoms with Gasteiger partial charge in [0.2, 0.25) is 5.78 Å². The van der Waals surface area contributed by atoms with Crippen LogP contribution in [0.15, 0.2) is 17.3 Å². The van der Waals surface area contributed by atoms with Gasteiger partial charge >= 0.3 is 0 Å².